The predicted octanol–water partition coefficient (Wildman–Crippen LogP) is 2.93. The van der Waals surface area contributed by atoms with Gasteiger partial charge >= 0.3 is 18.4 Å². The highest BCUT2D eigenvalue weighted by atomic mass is 35.5. The van der Waals surface area contributed by atoms with Gasteiger partial charge in [0.25, 0.3) is 0 Å². The maximum absolute atomic E-state index is 11.6. The molecular weight excluding hydrogens is 314 g/mol. The Balaban J connectivity index is 3.02. The second-order valence-electron chi connectivity index (χ2n) is 2.55. The van der Waals surface area contributed by atoms with Crippen LogP contribution in [0.3, 0.4) is 0 Å². The summed E-state index contributed by atoms with van der Waals surface area (Å²) in [4.78, 5) is -0.470. The fraction of sp³-hybridized carbons (Fsp3) is 0.143. The van der Waals surface area contributed by atoms with Gasteiger partial charge in [0.05, 0.1) is 21.8 Å². The van der Waals surface area contributed by atoms with E-state index in [0.29, 0.717) is 0 Å². The molecule has 1 aromatic carbocycles. The van der Waals surface area contributed by atoms with Crippen LogP contribution < -0.4 is 0 Å². The minimum Gasteiger partial charge on any atom is -0.191 e. The van der Waals surface area contributed by atoms with Gasteiger partial charge < -0.3 is 0 Å². The van der Waals surface area contributed by atoms with E-state index in [1.807, 2.05) is 0 Å². The average Bonchev–Trinajstić information content (AvgIpc) is 2.25. The lowest BCUT2D eigenvalue weighted by Crippen LogP contribution is -2.06. The molecule has 0 aliphatic heterocycles. The van der Waals surface area contributed by atoms with Crippen LogP contribution in [0.4, 0.5) is 0 Å². The highest BCUT2D eigenvalue weighted by Crippen LogP contribution is 2.32. The fourth-order valence-electron chi connectivity index (χ4n) is 0.851. The Morgan fingerprint density at radius 1 is 1.24 bits per heavy atom. The van der Waals surface area contributed by atoms with E-state index in [2.05, 4.69) is 13.5 Å². The van der Waals surface area contributed by atoms with Crippen LogP contribution in [-0.2, 0) is 28.2 Å². The molecule has 94 valence electrons. The summed E-state index contributed by atoms with van der Waals surface area (Å²) >= 11 is 11.3. The maximum Gasteiger partial charge on any atom is 0.729 e. The van der Waals surface area contributed by atoms with Crippen molar-refractivity contribution in [2.24, 2.45) is 0 Å². The van der Waals surface area contributed by atoms with E-state index in [1.54, 1.807) is 0 Å². The van der Waals surface area contributed by atoms with E-state index < -0.39 is 23.3 Å². The van der Waals surface area contributed by atoms with Crippen molar-refractivity contribution < 1.29 is 26.5 Å². The quantitative estimate of drug-likeness (QED) is 0.471. The molecule has 1 atom stereocenters. The van der Waals surface area contributed by atoms with Crippen LogP contribution in [0, 0.1) is 0 Å². The first kappa shape index (κ1) is 14.8. The zero-order valence-electron chi connectivity index (χ0n) is 8.29. The fourth-order valence-corrected chi connectivity index (χ4v) is 3.08. The molecule has 1 aromatic rings. The molecule has 0 amide bonds. The van der Waals surface area contributed by atoms with Gasteiger partial charge in [-0.3, -0.25) is 0 Å². The van der Waals surface area contributed by atoms with Crippen LogP contribution in [0.1, 0.15) is 0 Å². The SMILES string of the molecule is CO[P+](=O)OOS(=O)(=O)c1c(Cl)cccc1Cl. The summed E-state index contributed by atoms with van der Waals surface area (Å²) in [6.07, 6.45) is 0. The predicted molar refractivity (Wildman–Crippen MR) is 60.4 cm³/mol. The summed E-state index contributed by atoms with van der Waals surface area (Å²) in [6, 6.07) is 4.07. The first-order chi connectivity index (χ1) is 7.88. The Morgan fingerprint density at radius 2 is 1.76 bits per heavy atom. The molecule has 0 saturated carbocycles. The molecule has 10 heteroatoms. The third-order valence-electron chi connectivity index (χ3n) is 1.50. The van der Waals surface area contributed by atoms with Crippen molar-refractivity contribution in [3.63, 3.8) is 0 Å². The van der Waals surface area contributed by atoms with Gasteiger partial charge in [0.2, 0.25) is 0 Å². The lowest BCUT2D eigenvalue weighted by Gasteiger charge is -2.03. The Kier molecular flexibility index (Phi) is 5.27. The first-order valence-corrected chi connectivity index (χ1v) is 7.21. The van der Waals surface area contributed by atoms with Crippen molar-refractivity contribution in [1.29, 1.82) is 0 Å². The second kappa shape index (κ2) is 6.06. The van der Waals surface area contributed by atoms with Gasteiger partial charge in [-0.1, -0.05) is 33.6 Å². The molecule has 0 radical (unpaired) electrons. The largest absolute Gasteiger partial charge is 0.729 e. The van der Waals surface area contributed by atoms with Gasteiger partial charge in [-0.15, -0.1) is 4.52 Å². The molecule has 0 aromatic heterocycles. The smallest absolute Gasteiger partial charge is 0.191 e. The van der Waals surface area contributed by atoms with Gasteiger partial charge in [-0.2, -0.15) is 8.42 Å². The van der Waals surface area contributed by atoms with Crippen molar-refractivity contribution in [1.82, 2.24) is 0 Å². The first-order valence-electron chi connectivity index (χ1n) is 3.95. The molecule has 0 bridgehead atoms. The van der Waals surface area contributed by atoms with Crippen LogP contribution in [0.2, 0.25) is 10.0 Å². The van der Waals surface area contributed by atoms with Crippen molar-refractivity contribution in [2.45, 2.75) is 4.90 Å². The molecular formula is C7H6Cl2O6PS+. The normalized spacial score (nSPS) is 12.5. The Morgan fingerprint density at radius 3 is 2.24 bits per heavy atom. The number of halogens is 2. The van der Waals surface area contributed by atoms with Crippen LogP contribution >= 0.6 is 31.5 Å². The molecule has 6 nitrogen and oxygen atoms in total. The minimum atomic E-state index is -4.38. The average molecular weight is 320 g/mol. The number of hydrogen-bond acceptors (Lipinski definition) is 6. The standard InChI is InChI=1S/C7H6Cl2O6PS/c1-13-16(10)14-15-17(11,12)7-5(8)3-2-4-6(7)9/h2-4H,1H3/q+1. The minimum absolute atomic E-state index is 0.145. The zero-order chi connectivity index (χ0) is 13.1. The van der Waals surface area contributed by atoms with E-state index in [4.69, 9.17) is 23.2 Å². The third-order valence-corrected chi connectivity index (χ3v) is 4.14. The Hall–Kier alpha value is -0.270. The van der Waals surface area contributed by atoms with Crippen LogP contribution in [0.5, 0.6) is 0 Å². The van der Waals surface area contributed by atoms with E-state index in [1.165, 1.54) is 18.2 Å². The van der Waals surface area contributed by atoms with Crippen molar-refractivity contribution in [2.75, 3.05) is 7.11 Å². The lowest BCUT2D eigenvalue weighted by atomic mass is 10.4. The van der Waals surface area contributed by atoms with Gasteiger partial charge in [0.1, 0.15) is 4.90 Å². The van der Waals surface area contributed by atoms with Gasteiger partial charge in [0.15, 0.2) is 0 Å². The number of rotatable bonds is 5. The molecule has 1 rings (SSSR count). The Bertz CT molecular complexity index is 511. The molecule has 0 aliphatic rings. The summed E-state index contributed by atoms with van der Waals surface area (Å²) in [5.74, 6) is 0. The second-order valence-corrected chi connectivity index (χ2v) is 5.78. The Labute approximate surface area is 108 Å². The molecule has 0 aliphatic carbocycles. The van der Waals surface area contributed by atoms with Crippen molar-refractivity contribution >= 4 is 41.6 Å². The number of benzene rings is 1. The summed E-state index contributed by atoms with van der Waals surface area (Å²) in [6.45, 7) is 0. The third kappa shape index (κ3) is 3.86. The van der Waals surface area contributed by atoms with Crippen LogP contribution in [0.15, 0.2) is 23.1 Å². The summed E-state index contributed by atoms with van der Waals surface area (Å²) in [7, 11) is -6.01. The highest BCUT2D eigenvalue weighted by molar-refractivity contribution is 7.87. The lowest BCUT2D eigenvalue weighted by molar-refractivity contribution is -0.0962. The molecule has 17 heavy (non-hydrogen) atoms. The number of hydrogen-bond donors (Lipinski definition) is 0. The van der Waals surface area contributed by atoms with Crippen molar-refractivity contribution in [3.05, 3.63) is 28.2 Å². The summed E-state index contributed by atoms with van der Waals surface area (Å²) < 4.78 is 46.1. The van der Waals surface area contributed by atoms with E-state index in [-0.39, 0.29) is 10.0 Å². The van der Waals surface area contributed by atoms with Gasteiger partial charge in [0, 0.05) is 4.57 Å². The zero-order valence-corrected chi connectivity index (χ0v) is 11.5. The molecule has 0 spiro atoms. The molecule has 0 N–H and O–H groups in total. The molecule has 0 heterocycles. The molecule has 0 fully saturated rings. The highest BCUT2D eigenvalue weighted by Gasteiger charge is 2.30. The maximum atomic E-state index is 11.6. The monoisotopic (exact) mass is 319 g/mol. The van der Waals surface area contributed by atoms with E-state index in [0.717, 1.165) is 7.11 Å². The molecule has 0 saturated heterocycles. The molecule has 1 unspecified atom stereocenters. The van der Waals surface area contributed by atoms with Crippen LogP contribution in [-0.4, -0.2) is 15.5 Å². The van der Waals surface area contributed by atoms with Crippen molar-refractivity contribution in [3.8, 4) is 0 Å². The summed E-state index contributed by atoms with van der Waals surface area (Å²) in [5, 5.41) is -0.289. The van der Waals surface area contributed by atoms with E-state index >= 15 is 0 Å². The van der Waals surface area contributed by atoms with Gasteiger partial charge in [-0.25, -0.2) is 0 Å². The van der Waals surface area contributed by atoms with E-state index in [9.17, 15) is 13.0 Å². The topological polar surface area (TPSA) is 78.9 Å². The van der Waals surface area contributed by atoms with Crippen LogP contribution in [0.25, 0.3) is 0 Å². The van der Waals surface area contributed by atoms with Gasteiger partial charge in [-0.05, 0) is 12.1 Å². The summed E-state index contributed by atoms with van der Waals surface area (Å²) in [5.41, 5.74) is 0.